The Labute approximate surface area is 113 Å². The monoisotopic (exact) mass is 284 g/mol. The van der Waals surface area contributed by atoms with E-state index >= 15 is 0 Å². The molecule has 0 heterocycles. The number of imide groups is 1. The zero-order valence-corrected chi connectivity index (χ0v) is 10.6. The van der Waals surface area contributed by atoms with Crippen LogP contribution in [0.4, 0.5) is 14.9 Å². The van der Waals surface area contributed by atoms with Gasteiger partial charge in [-0.05, 0) is 19.1 Å². The lowest BCUT2D eigenvalue weighted by atomic mass is 10.2. The fourth-order valence-corrected chi connectivity index (χ4v) is 1.29. The first-order valence-corrected chi connectivity index (χ1v) is 5.55. The Morgan fingerprint density at radius 2 is 2.00 bits per heavy atom. The number of carboxylic acids is 1. The van der Waals surface area contributed by atoms with Gasteiger partial charge in [0.25, 0.3) is 5.91 Å². The van der Waals surface area contributed by atoms with Crippen LogP contribution in [0.25, 0.3) is 0 Å². The second-order valence-corrected chi connectivity index (χ2v) is 3.80. The number of rotatable bonds is 5. The summed E-state index contributed by atoms with van der Waals surface area (Å²) in [5.74, 6) is -2.52. The van der Waals surface area contributed by atoms with Crippen molar-refractivity contribution in [1.29, 1.82) is 0 Å². The molecule has 108 valence electrons. The van der Waals surface area contributed by atoms with Gasteiger partial charge in [-0.1, -0.05) is 6.07 Å². The SMILES string of the molecule is Cc1c(F)cccc1NC(=O)NC(=O)COCC(=O)O. The van der Waals surface area contributed by atoms with Gasteiger partial charge in [0, 0.05) is 11.3 Å². The highest BCUT2D eigenvalue weighted by Gasteiger charge is 2.11. The molecule has 0 spiro atoms. The first kappa shape index (κ1) is 15.6. The number of nitrogens with one attached hydrogen (secondary N) is 2. The van der Waals surface area contributed by atoms with Gasteiger partial charge in [0.2, 0.25) is 0 Å². The van der Waals surface area contributed by atoms with Gasteiger partial charge >= 0.3 is 12.0 Å². The van der Waals surface area contributed by atoms with Crippen LogP contribution in [0.15, 0.2) is 18.2 Å². The number of ether oxygens (including phenoxy) is 1. The Balaban J connectivity index is 2.45. The molecule has 0 aliphatic heterocycles. The van der Waals surface area contributed by atoms with Crippen LogP contribution in [-0.2, 0) is 14.3 Å². The zero-order valence-electron chi connectivity index (χ0n) is 10.6. The predicted molar refractivity (Wildman–Crippen MR) is 66.8 cm³/mol. The second kappa shape index (κ2) is 7.19. The van der Waals surface area contributed by atoms with E-state index in [1.165, 1.54) is 25.1 Å². The largest absolute Gasteiger partial charge is 0.480 e. The molecule has 7 nitrogen and oxygen atoms in total. The third-order valence-corrected chi connectivity index (χ3v) is 2.23. The first-order chi connectivity index (χ1) is 9.40. The minimum Gasteiger partial charge on any atom is -0.480 e. The van der Waals surface area contributed by atoms with Crippen molar-refractivity contribution in [3.8, 4) is 0 Å². The van der Waals surface area contributed by atoms with Crippen molar-refractivity contribution in [3.63, 3.8) is 0 Å². The minimum atomic E-state index is -1.22. The van der Waals surface area contributed by atoms with Gasteiger partial charge in [0.05, 0.1) is 0 Å². The Morgan fingerprint density at radius 1 is 1.30 bits per heavy atom. The topological polar surface area (TPSA) is 105 Å². The second-order valence-electron chi connectivity index (χ2n) is 3.80. The number of hydrogen-bond acceptors (Lipinski definition) is 4. The molecule has 0 aromatic heterocycles. The van der Waals surface area contributed by atoms with Crippen molar-refractivity contribution in [1.82, 2.24) is 5.32 Å². The zero-order chi connectivity index (χ0) is 15.1. The molecular weight excluding hydrogens is 271 g/mol. The molecule has 0 saturated heterocycles. The van der Waals surface area contributed by atoms with Gasteiger partial charge in [-0.3, -0.25) is 10.1 Å². The smallest absolute Gasteiger partial charge is 0.329 e. The van der Waals surface area contributed by atoms with Crippen LogP contribution < -0.4 is 10.6 Å². The normalized spacial score (nSPS) is 9.90. The standard InChI is InChI=1S/C12H13FN2O5/c1-7-8(13)3-2-4-9(7)14-12(19)15-10(16)5-20-6-11(17)18/h2-4H,5-6H2,1H3,(H,17,18)(H2,14,15,16,19). The van der Waals surface area contributed by atoms with Crippen molar-refractivity contribution in [2.75, 3.05) is 18.5 Å². The lowest BCUT2D eigenvalue weighted by molar-refractivity contribution is -0.143. The highest BCUT2D eigenvalue weighted by Crippen LogP contribution is 2.16. The summed E-state index contributed by atoms with van der Waals surface area (Å²) in [5, 5.41) is 12.5. The highest BCUT2D eigenvalue weighted by molar-refractivity contribution is 6.01. The van der Waals surface area contributed by atoms with E-state index in [9.17, 15) is 18.8 Å². The first-order valence-electron chi connectivity index (χ1n) is 5.55. The number of urea groups is 1. The molecule has 3 amide bonds. The van der Waals surface area contributed by atoms with Gasteiger partial charge in [-0.25, -0.2) is 14.0 Å². The van der Waals surface area contributed by atoms with Gasteiger partial charge < -0.3 is 15.2 Å². The van der Waals surface area contributed by atoms with E-state index in [1.54, 1.807) is 0 Å². The average molecular weight is 284 g/mol. The number of benzene rings is 1. The minimum absolute atomic E-state index is 0.224. The van der Waals surface area contributed by atoms with E-state index in [4.69, 9.17) is 5.11 Å². The van der Waals surface area contributed by atoms with Crippen LogP contribution in [0, 0.1) is 12.7 Å². The molecule has 0 aliphatic carbocycles. The van der Waals surface area contributed by atoms with E-state index in [-0.39, 0.29) is 11.3 Å². The molecule has 0 saturated carbocycles. The molecule has 8 heteroatoms. The fraction of sp³-hybridized carbons (Fsp3) is 0.250. The molecule has 1 aromatic carbocycles. The van der Waals surface area contributed by atoms with Gasteiger partial charge in [-0.2, -0.15) is 0 Å². The van der Waals surface area contributed by atoms with Crippen LogP contribution >= 0.6 is 0 Å². The lowest BCUT2D eigenvalue weighted by Gasteiger charge is -2.09. The quantitative estimate of drug-likeness (QED) is 0.744. The van der Waals surface area contributed by atoms with Crippen molar-refractivity contribution < 1.29 is 28.6 Å². The Hall–Kier alpha value is -2.48. The van der Waals surface area contributed by atoms with Gasteiger partial charge in [0.15, 0.2) is 0 Å². The van der Waals surface area contributed by atoms with Crippen LogP contribution in [0.2, 0.25) is 0 Å². The number of aliphatic carboxylic acids is 1. The molecule has 1 rings (SSSR count). The number of carbonyl (C=O) groups is 3. The average Bonchev–Trinajstić information content (AvgIpc) is 2.34. The number of amides is 3. The van der Waals surface area contributed by atoms with Crippen LogP contribution in [-0.4, -0.2) is 36.2 Å². The van der Waals surface area contributed by atoms with E-state index in [0.717, 1.165) is 0 Å². The summed E-state index contributed by atoms with van der Waals surface area (Å²) in [6.45, 7) is 0.267. The number of carboxylic acid groups (broad SMARTS) is 1. The Bertz CT molecular complexity index is 533. The summed E-state index contributed by atoms with van der Waals surface area (Å²) >= 11 is 0. The van der Waals surface area contributed by atoms with Gasteiger partial charge in [-0.15, -0.1) is 0 Å². The summed E-state index contributed by atoms with van der Waals surface area (Å²) in [7, 11) is 0. The molecule has 0 bridgehead atoms. The van der Waals surface area contributed by atoms with E-state index in [0.29, 0.717) is 0 Å². The van der Waals surface area contributed by atoms with E-state index < -0.39 is 36.9 Å². The van der Waals surface area contributed by atoms with Crippen LogP contribution in [0.5, 0.6) is 0 Å². The molecule has 0 radical (unpaired) electrons. The maximum Gasteiger partial charge on any atom is 0.329 e. The third kappa shape index (κ3) is 5.02. The molecule has 20 heavy (non-hydrogen) atoms. The molecular formula is C12H13FN2O5. The maximum atomic E-state index is 13.2. The summed E-state index contributed by atoms with van der Waals surface area (Å²) in [5.41, 5.74) is 0.457. The van der Waals surface area contributed by atoms with Crippen LogP contribution in [0.1, 0.15) is 5.56 Å². The van der Waals surface area contributed by atoms with E-state index in [1.807, 2.05) is 5.32 Å². The van der Waals surface area contributed by atoms with Gasteiger partial charge in [0.1, 0.15) is 19.0 Å². The fourth-order valence-electron chi connectivity index (χ4n) is 1.29. The Kier molecular flexibility index (Phi) is 5.60. The highest BCUT2D eigenvalue weighted by atomic mass is 19.1. The summed E-state index contributed by atoms with van der Waals surface area (Å²) in [6, 6.07) is 3.27. The third-order valence-electron chi connectivity index (χ3n) is 2.23. The molecule has 1 aromatic rings. The molecule has 3 N–H and O–H groups in total. The number of anilines is 1. The number of carbonyl (C=O) groups excluding carboxylic acids is 2. The van der Waals surface area contributed by atoms with Crippen molar-refractivity contribution in [2.24, 2.45) is 0 Å². The van der Waals surface area contributed by atoms with Crippen LogP contribution in [0.3, 0.4) is 0 Å². The lowest BCUT2D eigenvalue weighted by Crippen LogP contribution is -2.37. The van der Waals surface area contributed by atoms with Crippen molar-refractivity contribution in [2.45, 2.75) is 6.92 Å². The van der Waals surface area contributed by atoms with Crippen molar-refractivity contribution in [3.05, 3.63) is 29.6 Å². The molecule has 0 atom stereocenters. The van der Waals surface area contributed by atoms with Crippen molar-refractivity contribution >= 4 is 23.6 Å². The molecule has 0 aliphatic rings. The number of hydrogen-bond donors (Lipinski definition) is 3. The van der Waals surface area contributed by atoms with E-state index in [2.05, 4.69) is 10.1 Å². The predicted octanol–water partition coefficient (Wildman–Crippen LogP) is 0.883. The summed E-state index contributed by atoms with van der Waals surface area (Å²) in [4.78, 5) is 32.8. The molecule has 0 unspecified atom stereocenters. The summed E-state index contributed by atoms with van der Waals surface area (Å²) in [6.07, 6.45) is 0. The maximum absolute atomic E-state index is 13.2. The number of halogens is 1. The Morgan fingerprint density at radius 3 is 2.65 bits per heavy atom. The summed E-state index contributed by atoms with van der Waals surface area (Å²) < 4.78 is 17.7. The molecule has 0 fully saturated rings.